The summed E-state index contributed by atoms with van der Waals surface area (Å²) in [5.74, 6) is -0.190. The van der Waals surface area contributed by atoms with Gasteiger partial charge in [-0.1, -0.05) is 0 Å². The van der Waals surface area contributed by atoms with E-state index in [4.69, 9.17) is 15.2 Å². The number of rotatable bonds is 3. The zero-order chi connectivity index (χ0) is 20.6. The van der Waals surface area contributed by atoms with Crippen LogP contribution < -0.4 is 15.4 Å². The normalized spacial score (nSPS) is 15.0. The van der Waals surface area contributed by atoms with E-state index in [1.165, 1.54) is 7.11 Å². The summed E-state index contributed by atoms with van der Waals surface area (Å²) >= 11 is 0. The topological polar surface area (TPSA) is 103 Å². The summed E-state index contributed by atoms with van der Waals surface area (Å²) in [5, 5.41) is 5.23. The van der Waals surface area contributed by atoms with Gasteiger partial charge >= 0.3 is 6.09 Å². The first kappa shape index (κ1) is 19.8. The molecule has 0 unspecified atom stereocenters. The van der Waals surface area contributed by atoms with Crippen molar-refractivity contribution in [3.63, 3.8) is 0 Å². The van der Waals surface area contributed by atoms with Crippen LogP contribution in [-0.2, 0) is 11.8 Å². The summed E-state index contributed by atoms with van der Waals surface area (Å²) in [6.07, 6.45) is 1.55. The Bertz CT molecular complexity index is 907. The number of hydrogen-bond donors (Lipinski definition) is 1. The van der Waals surface area contributed by atoms with Crippen molar-refractivity contribution < 1.29 is 19.1 Å². The van der Waals surface area contributed by atoms with Crippen LogP contribution in [0.3, 0.4) is 0 Å². The molecule has 3 rings (SSSR count). The maximum atomic E-state index is 12.3. The number of anilines is 1. The maximum Gasteiger partial charge on any atom is 0.410 e. The van der Waals surface area contributed by atoms with Crippen LogP contribution in [0.2, 0.25) is 0 Å². The molecule has 0 radical (unpaired) electrons. The Morgan fingerprint density at radius 3 is 2.36 bits per heavy atom. The van der Waals surface area contributed by atoms with Gasteiger partial charge in [0, 0.05) is 50.9 Å². The van der Waals surface area contributed by atoms with Gasteiger partial charge in [-0.05, 0) is 20.8 Å². The van der Waals surface area contributed by atoms with Crippen LogP contribution in [0.4, 0.5) is 10.5 Å². The van der Waals surface area contributed by atoms with Crippen LogP contribution in [0.25, 0.3) is 10.9 Å². The molecule has 1 aromatic carbocycles. The Kier molecular flexibility index (Phi) is 5.10. The molecule has 1 aliphatic rings. The smallest absolute Gasteiger partial charge is 0.410 e. The highest BCUT2D eigenvalue weighted by molar-refractivity contribution is 6.10. The third-order valence-electron chi connectivity index (χ3n) is 4.59. The second-order valence-electron chi connectivity index (χ2n) is 7.86. The number of fused-ring (bicyclic) bond motifs is 1. The molecule has 2 aromatic rings. The second kappa shape index (κ2) is 7.21. The van der Waals surface area contributed by atoms with Gasteiger partial charge in [0.1, 0.15) is 22.4 Å². The van der Waals surface area contributed by atoms with E-state index in [1.807, 2.05) is 33.0 Å². The van der Waals surface area contributed by atoms with E-state index >= 15 is 0 Å². The van der Waals surface area contributed by atoms with Gasteiger partial charge in [0.25, 0.3) is 5.91 Å². The Hall–Kier alpha value is -2.97. The number of hydrogen-bond acceptors (Lipinski definition) is 6. The molecule has 2 heterocycles. The number of primary amides is 1. The molecule has 0 aliphatic carbocycles. The van der Waals surface area contributed by atoms with Crippen molar-refractivity contribution >= 4 is 28.6 Å². The van der Waals surface area contributed by atoms with E-state index in [2.05, 4.69) is 10.00 Å². The number of nitrogens with two attached hydrogens (primary N) is 1. The van der Waals surface area contributed by atoms with Gasteiger partial charge in [-0.2, -0.15) is 5.10 Å². The van der Waals surface area contributed by atoms with Crippen LogP contribution in [0.1, 0.15) is 31.1 Å². The van der Waals surface area contributed by atoms with Crippen molar-refractivity contribution in [3.05, 3.63) is 17.8 Å². The average molecular weight is 389 g/mol. The van der Waals surface area contributed by atoms with Crippen LogP contribution in [0.5, 0.6) is 5.75 Å². The van der Waals surface area contributed by atoms with Crippen molar-refractivity contribution in [2.24, 2.45) is 12.8 Å². The molecule has 0 bridgehead atoms. The molecule has 9 heteroatoms. The predicted molar refractivity (Wildman–Crippen MR) is 106 cm³/mol. The lowest BCUT2D eigenvalue weighted by Crippen LogP contribution is -2.50. The molecule has 28 heavy (non-hydrogen) atoms. The minimum absolute atomic E-state index is 0.272. The summed E-state index contributed by atoms with van der Waals surface area (Å²) in [5.41, 5.74) is 6.72. The van der Waals surface area contributed by atoms with Crippen molar-refractivity contribution in [2.75, 3.05) is 38.2 Å². The number of nitrogens with zero attached hydrogens (tertiary/aromatic N) is 4. The van der Waals surface area contributed by atoms with Crippen LogP contribution in [0, 0.1) is 0 Å². The summed E-state index contributed by atoms with van der Waals surface area (Å²) in [7, 11) is 3.29. The molecular weight excluding hydrogens is 362 g/mol. The lowest BCUT2D eigenvalue weighted by molar-refractivity contribution is 0.0240. The standard InChI is InChI=1S/C19H27N5O4/c1-19(2,3)28-18(26)24-8-6-23(7-9-24)13-10-14(27-5)15(17(20)25)16-12(13)11-22(4)21-16/h10-11H,6-9H2,1-5H3,(H2,20,25). The molecule has 2 N–H and O–H groups in total. The summed E-state index contributed by atoms with van der Waals surface area (Å²) in [6, 6.07) is 1.81. The van der Waals surface area contributed by atoms with Crippen LogP contribution >= 0.6 is 0 Å². The first-order valence-corrected chi connectivity index (χ1v) is 9.17. The van der Waals surface area contributed by atoms with E-state index in [0.717, 1.165) is 11.1 Å². The van der Waals surface area contributed by atoms with E-state index in [9.17, 15) is 9.59 Å². The molecule has 9 nitrogen and oxygen atoms in total. The van der Waals surface area contributed by atoms with Crippen molar-refractivity contribution in [1.82, 2.24) is 14.7 Å². The summed E-state index contributed by atoms with van der Waals surface area (Å²) < 4.78 is 12.5. The molecule has 1 aliphatic heterocycles. The Morgan fingerprint density at radius 1 is 1.18 bits per heavy atom. The highest BCUT2D eigenvalue weighted by Crippen LogP contribution is 2.36. The van der Waals surface area contributed by atoms with Gasteiger partial charge in [-0.15, -0.1) is 0 Å². The largest absolute Gasteiger partial charge is 0.496 e. The lowest BCUT2D eigenvalue weighted by Gasteiger charge is -2.37. The van der Waals surface area contributed by atoms with Crippen molar-refractivity contribution in [2.45, 2.75) is 26.4 Å². The van der Waals surface area contributed by atoms with Gasteiger partial charge in [-0.3, -0.25) is 9.48 Å². The van der Waals surface area contributed by atoms with Gasteiger partial charge in [0.15, 0.2) is 0 Å². The molecule has 152 valence electrons. The number of carbonyl (C=O) groups is 2. The summed E-state index contributed by atoms with van der Waals surface area (Å²) in [6.45, 7) is 7.89. The number of aromatic nitrogens is 2. The average Bonchev–Trinajstić information content (AvgIpc) is 2.99. The fourth-order valence-electron chi connectivity index (χ4n) is 3.37. The van der Waals surface area contributed by atoms with E-state index in [0.29, 0.717) is 37.4 Å². The summed E-state index contributed by atoms with van der Waals surface area (Å²) in [4.78, 5) is 28.1. The monoisotopic (exact) mass is 389 g/mol. The maximum absolute atomic E-state index is 12.3. The molecule has 0 spiro atoms. The van der Waals surface area contributed by atoms with Crippen LogP contribution in [0.15, 0.2) is 12.3 Å². The third-order valence-corrected chi connectivity index (χ3v) is 4.59. The van der Waals surface area contributed by atoms with Crippen LogP contribution in [-0.4, -0.2) is 65.6 Å². The first-order chi connectivity index (χ1) is 13.1. The number of methoxy groups -OCH3 is 1. The fraction of sp³-hybridized carbons (Fsp3) is 0.526. The number of carbonyl (C=O) groups excluding carboxylic acids is 2. The molecule has 0 atom stereocenters. The van der Waals surface area contributed by atoms with Gasteiger partial charge in [-0.25, -0.2) is 4.79 Å². The Balaban J connectivity index is 1.88. The van der Waals surface area contributed by atoms with E-state index < -0.39 is 11.5 Å². The van der Waals surface area contributed by atoms with Gasteiger partial charge in [0.2, 0.25) is 0 Å². The highest BCUT2D eigenvalue weighted by atomic mass is 16.6. The minimum Gasteiger partial charge on any atom is -0.496 e. The van der Waals surface area contributed by atoms with E-state index in [1.54, 1.807) is 16.6 Å². The number of benzene rings is 1. The van der Waals surface area contributed by atoms with Gasteiger partial charge in [0.05, 0.1) is 12.8 Å². The quantitative estimate of drug-likeness (QED) is 0.858. The molecule has 1 aromatic heterocycles. The number of amides is 2. The number of ether oxygens (including phenoxy) is 2. The first-order valence-electron chi connectivity index (χ1n) is 9.17. The minimum atomic E-state index is -0.582. The second-order valence-corrected chi connectivity index (χ2v) is 7.86. The molecule has 2 amide bonds. The van der Waals surface area contributed by atoms with Crippen molar-refractivity contribution in [3.8, 4) is 5.75 Å². The predicted octanol–water partition coefficient (Wildman–Crippen LogP) is 1.74. The Morgan fingerprint density at radius 2 is 1.82 bits per heavy atom. The number of piperazine rings is 1. The fourth-order valence-corrected chi connectivity index (χ4v) is 3.37. The van der Waals surface area contributed by atoms with Crippen molar-refractivity contribution in [1.29, 1.82) is 0 Å². The molecule has 1 fully saturated rings. The lowest BCUT2D eigenvalue weighted by atomic mass is 10.1. The highest BCUT2D eigenvalue weighted by Gasteiger charge is 2.28. The molecule has 1 saturated heterocycles. The molecular formula is C19H27N5O4. The Labute approximate surface area is 164 Å². The SMILES string of the molecule is COc1cc(N2CCN(C(=O)OC(C)(C)C)CC2)c2cn(C)nc2c1C(N)=O. The van der Waals surface area contributed by atoms with E-state index in [-0.39, 0.29) is 11.7 Å². The zero-order valence-corrected chi connectivity index (χ0v) is 17.0. The zero-order valence-electron chi connectivity index (χ0n) is 17.0. The third kappa shape index (κ3) is 3.83. The number of aryl methyl sites for hydroxylation is 1. The van der Waals surface area contributed by atoms with Gasteiger partial charge < -0.3 is 25.0 Å². The molecule has 0 saturated carbocycles.